The minimum Gasteiger partial charge on any atom is -0.478 e. The van der Waals surface area contributed by atoms with Gasteiger partial charge in [0.15, 0.2) is 0 Å². The lowest BCUT2D eigenvalue weighted by atomic mass is 9.79. The molecule has 114 valence electrons. The van der Waals surface area contributed by atoms with Crippen LogP contribution in [0.5, 0.6) is 0 Å². The van der Waals surface area contributed by atoms with Crippen molar-refractivity contribution in [1.82, 2.24) is 5.32 Å². The largest absolute Gasteiger partial charge is 0.478 e. The lowest BCUT2D eigenvalue weighted by Gasteiger charge is -2.32. The molecule has 0 radical (unpaired) electrons. The molecule has 3 atom stereocenters. The predicted molar refractivity (Wildman–Crippen MR) is 84.4 cm³/mol. The van der Waals surface area contributed by atoms with E-state index in [9.17, 15) is 9.59 Å². The summed E-state index contributed by atoms with van der Waals surface area (Å²) in [5, 5.41) is 13.6. The Hall–Kier alpha value is -1.62. The Bertz CT molecular complexity index is 549. The average Bonchev–Trinajstić information content (AvgIpc) is 2.89. The summed E-state index contributed by atoms with van der Waals surface area (Å²) in [7, 11) is 0. The smallest absolute Gasteiger partial charge is 0.328 e. The van der Waals surface area contributed by atoms with Gasteiger partial charge in [0, 0.05) is 12.1 Å². The zero-order chi connectivity index (χ0) is 15.4. The molecule has 0 aliphatic heterocycles. The van der Waals surface area contributed by atoms with Gasteiger partial charge in [-0.3, -0.25) is 4.79 Å². The first kappa shape index (κ1) is 15.8. The summed E-state index contributed by atoms with van der Waals surface area (Å²) in [6, 6.07) is 1.99. The summed E-state index contributed by atoms with van der Waals surface area (Å²) in [4.78, 5) is 23.5. The van der Waals surface area contributed by atoms with Gasteiger partial charge in [0.05, 0.1) is 4.88 Å². The molecule has 1 heterocycles. The predicted octanol–water partition coefficient (Wildman–Crippen LogP) is 3.40. The van der Waals surface area contributed by atoms with E-state index in [0.717, 1.165) is 25.3 Å². The molecule has 1 amide bonds. The monoisotopic (exact) mass is 307 g/mol. The lowest BCUT2D eigenvalue weighted by molar-refractivity contribution is -0.131. The van der Waals surface area contributed by atoms with Crippen LogP contribution in [0.3, 0.4) is 0 Å². The summed E-state index contributed by atoms with van der Waals surface area (Å²) < 4.78 is 0. The molecule has 1 aromatic rings. The number of carbonyl (C=O) groups excluding carboxylic acids is 1. The van der Waals surface area contributed by atoms with Crippen molar-refractivity contribution in [2.24, 2.45) is 11.8 Å². The normalized spacial score (nSPS) is 25.9. The number of aliphatic carboxylic acids is 1. The van der Waals surface area contributed by atoms with Gasteiger partial charge in [-0.1, -0.05) is 13.8 Å². The van der Waals surface area contributed by atoms with E-state index in [-0.39, 0.29) is 11.9 Å². The SMILES string of the molecule is CC1CCC(NC(=O)c2sccc2C=CC(=O)O)CC1C. The van der Waals surface area contributed by atoms with Gasteiger partial charge < -0.3 is 10.4 Å². The van der Waals surface area contributed by atoms with Crippen LogP contribution in [0.2, 0.25) is 0 Å². The number of carboxylic acids is 1. The van der Waals surface area contributed by atoms with Crippen molar-refractivity contribution in [1.29, 1.82) is 0 Å². The first-order valence-electron chi connectivity index (χ1n) is 7.26. The first-order valence-corrected chi connectivity index (χ1v) is 8.14. The van der Waals surface area contributed by atoms with Gasteiger partial charge in [-0.2, -0.15) is 0 Å². The minimum absolute atomic E-state index is 0.0956. The number of nitrogens with one attached hydrogen (secondary N) is 1. The number of thiophene rings is 1. The Balaban J connectivity index is 2.01. The molecular weight excluding hydrogens is 286 g/mol. The number of amides is 1. The van der Waals surface area contributed by atoms with Gasteiger partial charge in [-0.25, -0.2) is 4.79 Å². The summed E-state index contributed by atoms with van der Waals surface area (Å²) in [5.41, 5.74) is 0.664. The summed E-state index contributed by atoms with van der Waals surface area (Å²) in [6.45, 7) is 4.49. The lowest BCUT2D eigenvalue weighted by Crippen LogP contribution is -2.39. The van der Waals surface area contributed by atoms with Gasteiger partial charge in [0.1, 0.15) is 0 Å². The standard InChI is InChI=1S/C16H21NO3S/c1-10-3-5-13(9-11(10)2)17-16(20)15-12(7-8-21-15)4-6-14(18)19/h4,6-8,10-11,13H,3,5,9H2,1-2H3,(H,17,20)(H,18,19). The molecule has 1 aliphatic rings. The van der Waals surface area contributed by atoms with Crippen molar-refractivity contribution in [3.05, 3.63) is 28.0 Å². The maximum absolute atomic E-state index is 12.3. The Labute approximate surface area is 128 Å². The molecule has 0 aromatic carbocycles. The molecule has 2 rings (SSSR count). The van der Waals surface area contributed by atoms with Crippen molar-refractivity contribution in [3.63, 3.8) is 0 Å². The number of hydrogen-bond acceptors (Lipinski definition) is 3. The van der Waals surface area contributed by atoms with Crippen LogP contribution in [0.15, 0.2) is 17.5 Å². The van der Waals surface area contributed by atoms with Crippen LogP contribution in [0.1, 0.15) is 48.3 Å². The van der Waals surface area contributed by atoms with Crippen molar-refractivity contribution in [2.45, 2.75) is 39.2 Å². The molecule has 5 heteroatoms. The molecule has 2 N–H and O–H groups in total. The van der Waals surface area contributed by atoms with E-state index >= 15 is 0 Å². The number of hydrogen-bond donors (Lipinski definition) is 2. The molecule has 0 spiro atoms. The molecule has 1 saturated carbocycles. The van der Waals surface area contributed by atoms with Crippen LogP contribution in [0, 0.1) is 11.8 Å². The highest BCUT2D eigenvalue weighted by atomic mass is 32.1. The second kappa shape index (κ2) is 6.89. The highest BCUT2D eigenvalue weighted by Gasteiger charge is 2.26. The van der Waals surface area contributed by atoms with Crippen molar-refractivity contribution in [3.8, 4) is 0 Å². The number of rotatable bonds is 4. The molecule has 3 unspecified atom stereocenters. The molecule has 4 nitrogen and oxygen atoms in total. The van der Waals surface area contributed by atoms with Gasteiger partial charge in [0.2, 0.25) is 0 Å². The molecule has 1 aromatic heterocycles. The van der Waals surface area contributed by atoms with E-state index in [1.807, 2.05) is 5.38 Å². The van der Waals surface area contributed by atoms with Gasteiger partial charge >= 0.3 is 5.97 Å². The van der Waals surface area contributed by atoms with Crippen LogP contribution in [-0.4, -0.2) is 23.0 Å². The maximum Gasteiger partial charge on any atom is 0.328 e. The minimum atomic E-state index is -1.01. The van der Waals surface area contributed by atoms with E-state index in [4.69, 9.17) is 5.11 Å². The quantitative estimate of drug-likeness (QED) is 0.838. The van der Waals surface area contributed by atoms with Gasteiger partial charge in [0.25, 0.3) is 5.91 Å². The first-order chi connectivity index (χ1) is 9.97. The molecule has 21 heavy (non-hydrogen) atoms. The number of carbonyl (C=O) groups is 2. The third-order valence-corrected chi connectivity index (χ3v) is 5.17. The highest BCUT2D eigenvalue weighted by Crippen LogP contribution is 2.29. The third-order valence-electron chi connectivity index (χ3n) is 4.24. The highest BCUT2D eigenvalue weighted by molar-refractivity contribution is 7.12. The van der Waals surface area contributed by atoms with E-state index in [1.165, 1.54) is 17.4 Å². The van der Waals surface area contributed by atoms with Crippen LogP contribution in [0.4, 0.5) is 0 Å². The zero-order valence-corrected chi connectivity index (χ0v) is 13.2. The summed E-state index contributed by atoms with van der Waals surface area (Å²) >= 11 is 1.34. The fraction of sp³-hybridized carbons (Fsp3) is 0.500. The van der Waals surface area contributed by atoms with Crippen LogP contribution in [-0.2, 0) is 4.79 Å². The molecule has 0 bridgehead atoms. The Kier molecular flexibility index (Phi) is 5.17. The Morgan fingerprint density at radius 2 is 2.10 bits per heavy atom. The number of carboxylic acid groups (broad SMARTS) is 1. The summed E-state index contributed by atoms with van der Waals surface area (Å²) in [5.74, 6) is 0.233. The summed E-state index contributed by atoms with van der Waals surface area (Å²) in [6.07, 6.45) is 5.70. The zero-order valence-electron chi connectivity index (χ0n) is 12.3. The van der Waals surface area contributed by atoms with Gasteiger partial charge in [-0.15, -0.1) is 11.3 Å². The third kappa shape index (κ3) is 4.17. The van der Waals surface area contributed by atoms with Gasteiger partial charge in [-0.05, 0) is 54.2 Å². The molecular formula is C16H21NO3S. The van der Waals surface area contributed by atoms with Crippen molar-refractivity contribution < 1.29 is 14.7 Å². The topological polar surface area (TPSA) is 66.4 Å². The maximum atomic E-state index is 12.3. The Morgan fingerprint density at radius 3 is 2.76 bits per heavy atom. The van der Waals surface area contributed by atoms with E-state index in [0.29, 0.717) is 22.3 Å². The van der Waals surface area contributed by atoms with Crippen LogP contribution >= 0.6 is 11.3 Å². The second-order valence-electron chi connectivity index (χ2n) is 5.81. The van der Waals surface area contributed by atoms with Crippen molar-refractivity contribution in [2.75, 3.05) is 0 Å². The molecule has 1 aliphatic carbocycles. The van der Waals surface area contributed by atoms with Crippen LogP contribution in [0.25, 0.3) is 6.08 Å². The van der Waals surface area contributed by atoms with E-state index in [1.54, 1.807) is 6.07 Å². The van der Waals surface area contributed by atoms with Crippen molar-refractivity contribution >= 4 is 29.3 Å². The van der Waals surface area contributed by atoms with E-state index in [2.05, 4.69) is 19.2 Å². The van der Waals surface area contributed by atoms with Crippen LogP contribution < -0.4 is 5.32 Å². The fourth-order valence-corrected chi connectivity index (χ4v) is 3.51. The second-order valence-corrected chi connectivity index (χ2v) is 6.73. The Morgan fingerprint density at radius 1 is 1.33 bits per heavy atom. The van der Waals surface area contributed by atoms with E-state index < -0.39 is 5.97 Å². The molecule has 1 fully saturated rings. The average molecular weight is 307 g/mol. The molecule has 0 saturated heterocycles. The fourth-order valence-electron chi connectivity index (χ4n) is 2.73.